The second-order valence-corrected chi connectivity index (χ2v) is 5.08. The van der Waals surface area contributed by atoms with Crippen LogP contribution in [0, 0.1) is 18.3 Å². The lowest BCUT2D eigenvalue weighted by molar-refractivity contribution is -0.116. The monoisotopic (exact) mass is 307 g/mol. The number of nitrogens with zero attached hydrogens (tertiary/aromatic N) is 1. The molecule has 116 valence electrons. The molecule has 0 fully saturated rings. The molecule has 2 rings (SSSR count). The van der Waals surface area contributed by atoms with Gasteiger partial charge >= 0.3 is 0 Å². The summed E-state index contributed by atoms with van der Waals surface area (Å²) in [4.78, 5) is 23.8. The fourth-order valence-electron chi connectivity index (χ4n) is 2.08. The molecule has 0 bridgehead atoms. The van der Waals surface area contributed by atoms with Crippen LogP contribution in [0.15, 0.2) is 48.5 Å². The van der Waals surface area contributed by atoms with Gasteiger partial charge in [-0.3, -0.25) is 9.59 Å². The Balaban J connectivity index is 1.83. The molecule has 0 aliphatic carbocycles. The van der Waals surface area contributed by atoms with Crippen LogP contribution in [0.2, 0.25) is 0 Å². The van der Waals surface area contributed by atoms with E-state index in [0.717, 1.165) is 5.56 Å². The van der Waals surface area contributed by atoms with Crippen LogP contribution in [0.1, 0.15) is 27.9 Å². The van der Waals surface area contributed by atoms with E-state index in [1.807, 2.05) is 25.1 Å². The van der Waals surface area contributed by atoms with E-state index in [2.05, 4.69) is 10.6 Å². The first kappa shape index (κ1) is 16.2. The zero-order valence-corrected chi connectivity index (χ0v) is 12.8. The third-order valence-corrected chi connectivity index (χ3v) is 3.24. The van der Waals surface area contributed by atoms with Gasteiger partial charge in [0.05, 0.1) is 11.3 Å². The van der Waals surface area contributed by atoms with Crippen molar-refractivity contribution in [3.05, 3.63) is 65.2 Å². The van der Waals surface area contributed by atoms with Crippen LogP contribution in [0.4, 0.5) is 5.69 Å². The molecule has 0 aromatic heterocycles. The van der Waals surface area contributed by atoms with Crippen molar-refractivity contribution in [1.29, 1.82) is 5.26 Å². The number of rotatable bonds is 5. The Morgan fingerprint density at radius 2 is 1.91 bits per heavy atom. The van der Waals surface area contributed by atoms with Crippen LogP contribution in [-0.2, 0) is 4.79 Å². The van der Waals surface area contributed by atoms with Gasteiger partial charge in [-0.15, -0.1) is 0 Å². The van der Waals surface area contributed by atoms with Gasteiger partial charge in [0, 0.05) is 18.5 Å². The summed E-state index contributed by atoms with van der Waals surface area (Å²) < 4.78 is 0. The lowest BCUT2D eigenvalue weighted by atomic mass is 10.1. The van der Waals surface area contributed by atoms with Crippen molar-refractivity contribution in [1.82, 2.24) is 5.32 Å². The number of carbonyl (C=O) groups excluding carboxylic acids is 2. The van der Waals surface area contributed by atoms with E-state index in [9.17, 15) is 9.59 Å². The molecule has 0 spiro atoms. The number of nitriles is 1. The highest BCUT2D eigenvalue weighted by Crippen LogP contribution is 2.13. The second kappa shape index (κ2) is 7.76. The Morgan fingerprint density at radius 3 is 2.65 bits per heavy atom. The van der Waals surface area contributed by atoms with E-state index in [0.29, 0.717) is 16.8 Å². The molecule has 5 nitrogen and oxygen atoms in total. The zero-order valence-electron chi connectivity index (χ0n) is 12.8. The largest absolute Gasteiger partial charge is 0.352 e. The van der Waals surface area contributed by atoms with Gasteiger partial charge in [0.2, 0.25) is 5.91 Å². The normalized spacial score (nSPS) is 9.74. The maximum Gasteiger partial charge on any atom is 0.251 e. The number of hydrogen-bond donors (Lipinski definition) is 2. The molecule has 0 unspecified atom stereocenters. The average Bonchev–Trinajstić information content (AvgIpc) is 2.55. The first-order valence-electron chi connectivity index (χ1n) is 7.24. The Hall–Kier alpha value is -3.13. The van der Waals surface area contributed by atoms with Gasteiger partial charge in [-0.1, -0.05) is 29.8 Å². The molecular formula is C18H17N3O2. The number of para-hydroxylation sites is 1. The van der Waals surface area contributed by atoms with Crippen LogP contribution < -0.4 is 10.6 Å². The van der Waals surface area contributed by atoms with Crippen molar-refractivity contribution in [3.8, 4) is 6.07 Å². The molecule has 0 radical (unpaired) electrons. The summed E-state index contributed by atoms with van der Waals surface area (Å²) in [5, 5.41) is 14.3. The summed E-state index contributed by atoms with van der Waals surface area (Å²) in [5.41, 5.74) is 2.46. The Morgan fingerprint density at radius 1 is 1.13 bits per heavy atom. The predicted molar refractivity (Wildman–Crippen MR) is 87.9 cm³/mol. The molecule has 0 saturated carbocycles. The molecular weight excluding hydrogens is 290 g/mol. The maximum atomic E-state index is 12.0. The smallest absolute Gasteiger partial charge is 0.251 e. The number of aryl methyl sites for hydroxylation is 1. The summed E-state index contributed by atoms with van der Waals surface area (Å²) in [6.07, 6.45) is 0.136. The number of hydrogen-bond acceptors (Lipinski definition) is 3. The van der Waals surface area contributed by atoms with Crippen molar-refractivity contribution in [3.63, 3.8) is 0 Å². The number of nitrogens with one attached hydrogen (secondary N) is 2. The minimum atomic E-state index is -0.253. The fourth-order valence-corrected chi connectivity index (χ4v) is 2.08. The Bertz CT molecular complexity index is 763. The second-order valence-electron chi connectivity index (χ2n) is 5.08. The van der Waals surface area contributed by atoms with Gasteiger partial charge in [-0.2, -0.15) is 5.26 Å². The van der Waals surface area contributed by atoms with Crippen molar-refractivity contribution < 1.29 is 9.59 Å². The number of anilines is 1. The third kappa shape index (κ3) is 4.68. The molecule has 2 aromatic carbocycles. The van der Waals surface area contributed by atoms with Gasteiger partial charge < -0.3 is 10.6 Å². The molecule has 0 aliphatic rings. The highest BCUT2D eigenvalue weighted by Gasteiger charge is 2.08. The number of amides is 2. The first-order valence-corrected chi connectivity index (χ1v) is 7.24. The highest BCUT2D eigenvalue weighted by molar-refractivity contribution is 5.95. The van der Waals surface area contributed by atoms with Crippen molar-refractivity contribution >= 4 is 17.5 Å². The highest BCUT2D eigenvalue weighted by atomic mass is 16.2. The van der Waals surface area contributed by atoms with E-state index in [1.165, 1.54) is 0 Å². The van der Waals surface area contributed by atoms with Crippen LogP contribution in [0.25, 0.3) is 0 Å². The first-order chi connectivity index (χ1) is 11.1. The molecule has 0 aliphatic heterocycles. The maximum absolute atomic E-state index is 12.0. The Labute approximate surface area is 134 Å². The standard InChI is InChI=1S/C18H17N3O2/c1-13-5-4-7-14(11-13)18(23)20-10-9-17(22)21-16-8-3-2-6-15(16)12-19/h2-8,11H,9-10H2,1H3,(H,20,23)(H,21,22). The van der Waals surface area contributed by atoms with Gasteiger partial charge in [-0.05, 0) is 31.2 Å². The van der Waals surface area contributed by atoms with E-state index in [-0.39, 0.29) is 24.8 Å². The molecule has 23 heavy (non-hydrogen) atoms. The minimum Gasteiger partial charge on any atom is -0.352 e. The van der Waals surface area contributed by atoms with E-state index in [1.54, 1.807) is 36.4 Å². The average molecular weight is 307 g/mol. The van der Waals surface area contributed by atoms with Crippen molar-refractivity contribution in [2.45, 2.75) is 13.3 Å². The lowest BCUT2D eigenvalue weighted by Gasteiger charge is -2.08. The Kier molecular flexibility index (Phi) is 5.48. The summed E-state index contributed by atoms with van der Waals surface area (Å²) >= 11 is 0. The summed E-state index contributed by atoms with van der Waals surface area (Å²) in [6, 6.07) is 16.0. The van der Waals surface area contributed by atoms with Crippen molar-refractivity contribution in [2.75, 3.05) is 11.9 Å². The van der Waals surface area contributed by atoms with E-state index >= 15 is 0 Å². The molecule has 5 heteroatoms. The summed E-state index contributed by atoms with van der Waals surface area (Å²) in [6.45, 7) is 2.14. The van der Waals surface area contributed by atoms with Gasteiger partial charge in [0.25, 0.3) is 5.91 Å². The van der Waals surface area contributed by atoms with Crippen LogP contribution in [-0.4, -0.2) is 18.4 Å². The van der Waals surface area contributed by atoms with Crippen LogP contribution in [0.3, 0.4) is 0 Å². The fraction of sp³-hybridized carbons (Fsp3) is 0.167. The predicted octanol–water partition coefficient (Wildman–Crippen LogP) is 2.63. The summed E-state index contributed by atoms with van der Waals surface area (Å²) in [5.74, 6) is -0.462. The van der Waals surface area contributed by atoms with Crippen molar-refractivity contribution in [2.24, 2.45) is 0 Å². The molecule has 2 N–H and O–H groups in total. The molecule has 0 saturated heterocycles. The van der Waals surface area contributed by atoms with Gasteiger partial charge in [-0.25, -0.2) is 0 Å². The molecule has 0 heterocycles. The minimum absolute atomic E-state index is 0.136. The van der Waals surface area contributed by atoms with E-state index in [4.69, 9.17) is 5.26 Å². The lowest BCUT2D eigenvalue weighted by Crippen LogP contribution is -2.27. The molecule has 2 amide bonds. The quantitative estimate of drug-likeness (QED) is 0.891. The van der Waals surface area contributed by atoms with Gasteiger partial charge in [0.15, 0.2) is 0 Å². The summed E-state index contributed by atoms with van der Waals surface area (Å²) in [7, 11) is 0. The third-order valence-electron chi connectivity index (χ3n) is 3.24. The van der Waals surface area contributed by atoms with E-state index < -0.39 is 0 Å². The van der Waals surface area contributed by atoms with Gasteiger partial charge in [0.1, 0.15) is 6.07 Å². The number of benzene rings is 2. The molecule has 0 atom stereocenters. The van der Waals surface area contributed by atoms with Crippen LogP contribution in [0.5, 0.6) is 0 Å². The topological polar surface area (TPSA) is 82.0 Å². The number of carbonyl (C=O) groups is 2. The zero-order chi connectivity index (χ0) is 16.7. The van der Waals surface area contributed by atoms with Crippen LogP contribution >= 0.6 is 0 Å². The SMILES string of the molecule is Cc1cccc(C(=O)NCCC(=O)Nc2ccccc2C#N)c1. The molecule has 2 aromatic rings.